The topological polar surface area (TPSA) is 96.9 Å². The highest BCUT2D eigenvalue weighted by atomic mass is 127. The normalized spacial score (nSPS) is 10.6. The van der Waals surface area contributed by atoms with Crippen LogP contribution in [-0.2, 0) is 4.79 Å². The van der Waals surface area contributed by atoms with Crippen LogP contribution >= 0.6 is 22.6 Å². The van der Waals surface area contributed by atoms with Gasteiger partial charge in [0.2, 0.25) is 0 Å². The van der Waals surface area contributed by atoms with Gasteiger partial charge in [-0.05, 0) is 76.7 Å². The largest absolute Gasteiger partial charge is 0.423 e. The van der Waals surface area contributed by atoms with Gasteiger partial charge in [0.25, 0.3) is 11.8 Å². The molecule has 2 N–H and O–H groups in total. The summed E-state index contributed by atoms with van der Waals surface area (Å²) in [5.74, 6) is -2.07. The van der Waals surface area contributed by atoms with Crippen LogP contribution in [0, 0.1) is 9.39 Å². The SMILES string of the molecule is O=C(CNC(=O)c1ccccc1I)NN=Cc1ccc(OC(=O)c2ccccc2F)cc1. The molecule has 3 aromatic rings. The molecule has 0 saturated heterocycles. The van der Waals surface area contributed by atoms with Gasteiger partial charge in [-0.1, -0.05) is 24.3 Å². The van der Waals surface area contributed by atoms with Gasteiger partial charge in [-0.25, -0.2) is 14.6 Å². The molecule has 0 bridgehead atoms. The number of carbonyl (C=O) groups is 3. The first-order valence-electron chi connectivity index (χ1n) is 9.35. The third-order valence-electron chi connectivity index (χ3n) is 4.12. The van der Waals surface area contributed by atoms with E-state index in [9.17, 15) is 18.8 Å². The van der Waals surface area contributed by atoms with Crippen molar-refractivity contribution in [2.24, 2.45) is 5.10 Å². The van der Waals surface area contributed by atoms with Gasteiger partial charge in [0.05, 0.1) is 23.9 Å². The van der Waals surface area contributed by atoms with Crippen LogP contribution in [0.1, 0.15) is 26.3 Å². The number of benzene rings is 3. The lowest BCUT2D eigenvalue weighted by atomic mass is 10.2. The van der Waals surface area contributed by atoms with Crippen LogP contribution in [0.2, 0.25) is 0 Å². The van der Waals surface area contributed by atoms with Gasteiger partial charge in [-0.2, -0.15) is 5.10 Å². The Balaban J connectivity index is 1.47. The summed E-state index contributed by atoms with van der Waals surface area (Å²) in [6, 6.07) is 18.8. The lowest BCUT2D eigenvalue weighted by molar-refractivity contribution is -0.120. The summed E-state index contributed by atoms with van der Waals surface area (Å²) in [5.41, 5.74) is 3.27. The average molecular weight is 545 g/mol. The number of nitrogens with zero attached hydrogens (tertiary/aromatic N) is 1. The number of hydrogen-bond donors (Lipinski definition) is 2. The maximum atomic E-state index is 13.6. The van der Waals surface area contributed by atoms with E-state index in [1.165, 1.54) is 36.5 Å². The van der Waals surface area contributed by atoms with E-state index < -0.39 is 17.7 Å². The minimum atomic E-state index is -0.802. The van der Waals surface area contributed by atoms with Crippen LogP contribution < -0.4 is 15.5 Å². The van der Waals surface area contributed by atoms with Crippen molar-refractivity contribution in [3.63, 3.8) is 0 Å². The molecule has 7 nitrogen and oxygen atoms in total. The molecule has 0 spiro atoms. The molecule has 0 heterocycles. The standard InChI is InChI=1S/C23H17FIN3O4/c24-19-7-3-1-5-17(19)23(31)32-16-11-9-15(10-12-16)13-27-28-21(29)14-26-22(30)18-6-2-4-8-20(18)25/h1-13H,14H2,(H,26,30)(H,28,29). The summed E-state index contributed by atoms with van der Waals surface area (Å²) in [6.45, 7) is -0.230. The molecule has 9 heteroatoms. The van der Waals surface area contributed by atoms with Crippen molar-refractivity contribution < 1.29 is 23.5 Å². The van der Waals surface area contributed by atoms with Crippen molar-refractivity contribution in [2.75, 3.05) is 6.54 Å². The Bertz CT molecular complexity index is 1170. The Morgan fingerprint density at radius 3 is 2.28 bits per heavy atom. The summed E-state index contributed by atoms with van der Waals surface area (Å²) < 4.78 is 19.6. The van der Waals surface area contributed by atoms with Crippen LogP contribution in [0.25, 0.3) is 0 Å². The highest BCUT2D eigenvalue weighted by Crippen LogP contribution is 2.15. The first kappa shape index (κ1) is 23.1. The average Bonchev–Trinajstić information content (AvgIpc) is 2.79. The second-order valence-corrected chi connectivity index (χ2v) is 7.56. The summed E-state index contributed by atoms with van der Waals surface area (Å²) in [7, 11) is 0. The van der Waals surface area contributed by atoms with E-state index in [0.29, 0.717) is 11.1 Å². The second-order valence-electron chi connectivity index (χ2n) is 6.39. The van der Waals surface area contributed by atoms with Gasteiger partial charge in [-0.15, -0.1) is 0 Å². The molecule has 0 saturated carbocycles. The number of hydrogen-bond acceptors (Lipinski definition) is 5. The Labute approximate surface area is 196 Å². The van der Waals surface area contributed by atoms with Crippen molar-refractivity contribution in [1.29, 1.82) is 0 Å². The van der Waals surface area contributed by atoms with Crippen LogP contribution in [0.4, 0.5) is 4.39 Å². The highest BCUT2D eigenvalue weighted by molar-refractivity contribution is 14.1. The molecule has 3 aromatic carbocycles. The van der Waals surface area contributed by atoms with E-state index in [4.69, 9.17) is 4.74 Å². The summed E-state index contributed by atoms with van der Waals surface area (Å²) in [5, 5.41) is 6.35. The molecule has 0 atom stereocenters. The minimum Gasteiger partial charge on any atom is -0.423 e. The smallest absolute Gasteiger partial charge is 0.346 e. The maximum Gasteiger partial charge on any atom is 0.346 e. The van der Waals surface area contributed by atoms with E-state index in [1.54, 1.807) is 36.4 Å². The molecule has 0 radical (unpaired) electrons. The van der Waals surface area contributed by atoms with Crippen molar-refractivity contribution in [2.45, 2.75) is 0 Å². The fraction of sp³-hybridized carbons (Fsp3) is 0.0435. The van der Waals surface area contributed by atoms with Crippen molar-refractivity contribution in [3.05, 3.63) is 98.9 Å². The molecular weight excluding hydrogens is 528 g/mol. The maximum absolute atomic E-state index is 13.6. The first-order chi connectivity index (χ1) is 15.4. The number of rotatable bonds is 7. The third kappa shape index (κ3) is 6.45. The van der Waals surface area contributed by atoms with Crippen LogP contribution in [-0.4, -0.2) is 30.5 Å². The number of halogens is 2. The molecule has 2 amide bonds. The predicted molar refractivity (Wildman–Crippen MR) is 125 cm³/mol. The van der Waals surface area contributed by atoms with E-state index in [1.807, 2.05) is 28.7 Å². The molecule has 0 fully saturated rings. The monoisotopic (exact) mass is 545 g/mol. The number of esters is 1. The Kier molecular flexibility index (Phi) is 8.03. The van der Waals surface area contributed by atoms with E-state index in [2.05, 4.69) is 15.8 Å². The van der Waals surface area contributed by atoms with E-state index in [-0.39, 0.29) is 23.8 Å². The van der Waals surface area contributed by atoms with Gasteiger partial charge in [0.1, 0.15) is 11.6 Å². The number of amides is 2. The zero-order valence-corrected chi connectivity index (χ0v) is 18.7. The van der Waals surface area contributed by atoms with Crippen molar-refractivity contribution >= 4 is 46.6 Å². The van der Waals surface area contributed by atoms with Gasteiger partial charge in [0.15, 0.2) is 0 Å². The van der Waals surface area contributed by atoms with Crippen LogP contribution in [0.5, 0.6) is 5.75 Å². The Morgan fingerprint density at radius 2 is 1.59 bits per heavy atom. The molecule has 0 aromatic heterocycles. The zero-order chi connectivity index (χ0) is 22.9. The number of ether oxygens (including phenoxy) is 1. The summed E-state index contributed by atoms with van der Waals surface area (Å²) in [6.07, 6.45) is 1.39. The molecule has 0 aliphatic heterocycles. The molecule has 32 heavy (non-hydrogen) atoms. The molecule has 0 aliphatic rings. The predicted octanol–water partition coefficient (Wildman–Crippen LogP) is 3.53. The summed E-state index contributed by atoms with van der Waals surface area (Å²) >= 11 is 2.05. The quantitative estimate of drug-likeness (QED) is 0.156. The number of carbonyl (C=O) groups excluding carboxylic acids is 3. The third-order valence-corrected chi connectivity index (χ3v) is 5.06. The van der Waals surface area contributed by atoms with E-state index >= 15 is 0 Å². The molecular formula is C23H17FIN3O4. The van der Waals surface area contributed by atoms with Crippen molar-refractivity contribution in [1.82, 2.24) is 10.7 Å². The second kappa shape index (κ2) is 11.1. The lowest BCUT2D eigenvalue weighted by Gasteiger charge is -2.06. The van der Waals surface area contributed by atoms with Gasteiger partial charge >= 0.3 is 5.97 Å². The highest BCUT2D eigenvalue weighted by Gasteiger charge is 2.13. The minimum absolute atomic E-state index is 0.157. The first-order valence-corrected chi connectivity index (χ1v) is 10.4. The van der Waals surface area contributed by atoms with Gasteiger partial charge < -0.3 is 10.1 Å². The Hall–Kier alpha value is -3.60. The lowest BCUT2D eigenvalue weighted by Crippen LogP contribution is -2.35. The fourth-order valence-electron chi connectivity index (χ4n) is 2.53. The van der Waals surface area contributed by atoms with E-state index in [0.717, 1.165) is 3.57 Å². The van der Waals surface area contributed by atoms with Crippen LogP contribution in [0.3, 0.4) is 0 Å². The van der Waals surface area contributed by atoms with Gasteiger partial charge in [0, 0.05) is 3.57 Å². The molecule has 3 rings (SSSR count). The number of nitrogens with one attached hydrogen (secondary N) is 2. The molecule has 0 unspecified atom stereocenters. The van der Waals surface area contributed by atoms with Crippen molar-refractivity contribution in [3.8, 4) is 5.75 Å². The molecule has 162 valence electrons. The van der Waals surface area contributed by atoms with Gasteiger partial charge in [-0.3, -0.25) is 9.59 Å². The Morgan fingerprint density at radius 1 is 0.938 bits per heavy atom. The zero-order valence-electron chi connectivity index (χ0n) is 16.5. The molecule has 0 aliphatic carbocycles. The summed E-state index contributed by atoms with van der Waals surface area (Å²) in [4.78, 5) is 36.0. The fourth-order valence-corrected chi connectivity index (χ4v) is 3.16. The van der Waals surface area contributed by atoms with Crippen LogP contribution in [0.15, 0.2) is 77.9 Å². The number of hydrazone groups is 1.